The fourth-order valence-corrected chi connectivity index (χ4v) is 5.83. The third-order valence-electron chi connectivity index (χ3n) is 8.20. The molecular formula is C34H40FNO4. The summed E-state index contributed by atoms with van der Waals surface area (Å²) in [6.07, 6.45) is 8.34. The molecule has 40 heavy (non-hydrogen) atoms. The molecule has 1 heterocycles. The smallest absolute Gasteiger partial charge is 0.303 e. The van der Waals surface area contributed by atoms with Crippen LogP contribution in [0.3, 0.4) is 0 Å². The number of ether oxygens (including phenoxy) is 2. The minimum Gasteiger partial charge on any atom is -0.497 e. The second kappa shape index (κ2) is 13.3. The summed E-state index contributed by atoms with van der Waals surface area (Å²) in [4.78, 5) is 14.0. The van der Waals surface area contributed by atoms with Gasteiger partial charge in [0.1, 0.15) is 23.9 Å². The number of nitrogens with zero attached hydrogens (tertiary/aromatic N) is 1. The van der Waals surface area contributed by atoms with Crippen LogP contribution in [0, 0.1) is 11.7 Å². The molecule has 5 rings (SSSR count). The summed E-state index contributed by atoms with van der Waals surface area (Å²) in [5.41, 5.74) is 4.54. The molecule has 1 aliphatic heterocycles. The van der Waals surface area contributed by atoms with E-state index < -0.39 is 5.97 Å². The third kappa shape index (κ3) is 7.63. The van der Waals surface area contributed by atoms with E-state index >= 15 is 4.39 Å². The van der Waals surface area contributed by atoms with Gasteiger partial charge >= 0.3 is 5.97 Å². The highest BCUT2D eigenvalue weighted by atomic mass is 19.1. The molecule has 2 fully saturated rings. The van der Waals surface area contributed by atoms with E-state index in [4.69, 9.17) is 9.47 Å². The largest absolute Gasteiger partial charge is 0.497 e. The van der Waals surface area contributed by atoms with Gasteiger partial charge < -0.3 is 14.6 Å². The van der Waals surface area contributed by atoms with Gasteiger partial charge in [0.2, 0.25) is 0 Å². The highest BCUT2D eigenvalue weighted by Gasteiger charge is 2.28. The third-order valence-corrected chi connectivity index (χ3v) is 8.20. The Balaban J connectivity index is 1.37. The van der Waals surface area contributed by atoms with Crippen LogP contribution in [-0.4, -0.2) is 36.2 Å². The molecule has 0 unspecified atom stereocenters. The molecule has 1 N–H and O–H groups in total. The summed E-state index contributed by atoms with van der Waals surface area (Å²) in [5, 5.41) is 9.44. The maximum atomic E-state index is 15.0. The predicted molar refractivity (Wildman–Crippen MR) is 155 cm³/mol. The zero-order valence-electron chi connectivity index (χ0n) is 23.4. The number of likely N-dealkylation sites (tertiary alicyclic amines) is 1. The first-order chi connectivity index (χ1) is 19.5. The highest BCUT2D eigenvalue weighted by Crippen LogP contribution is 2.40. The van der Waals surface area contributed by atoms with Gasteiger partial charge in [-0.2, -0.15) is 0 Å². The molecule has 0 amide bonds. The topological polar surface area (TPSA) is 59.0 Å². The second-order valence-electron chi connectivity index (χ2n) is 11.4. The first-order valence-electron chi connectivity index (χ1n) is 14.6. The van der Waals surface area contributed by atoms with Gasteiger partial charge in [-0.3, -0.25) is 9.69 Å². The number of rotatable bonds is 12. The minimum atomic E-state index is -0.763. The molecule has 0 aromatic heterocycles. The summed E-state index contributed by atoms with van der Waals surface area (Å²) >= 11 is 0. The number of aliphatic carboxylic acids is 1. The van der Waals surface area contributed by atoms with Crippen molar-refractivity contribution in [1.29, 1.82) is 0 Å². The zero-order chi connectivity index (χ0) is 27.9. The summed E-state index contributed by atoms with van der Waals surface area (Å²) in [5.74, 6) is 0.991. The average Bonchev–Trinajstić information content (AvgIpc) is 3.80. The molecule has 0 bridgehead atoms. The van der Waals surface area contributed by atoms with Gasteiger partial charge in [0.15, 0.2) is 0 Å². The van der Waals surface area contributed by atoms with Crippen LogP contribution in [0.2, 0.25) is 0 Å². The highest BCUT2D eigenvalue weighted by molar-refractivity contribution is 5.70. The lowest BCUT2D eigenvalue weighted by Gasteiger charge is -2.23. The van der Waals surface area contributed by atoms with Crippen molar-refractivity contribution in [3.8, 4) is 22.6 Å². The van der Waals surface area contributed by atoms with E-state index in [2.05, 4.69) is 11.0 Å². The Hall–Kier alpha value is -3.38. The van der Waals surface area contributed by atoms with E-state index in [1.165, 1.54) is 44.6 Å². The van der Waals surface area contributed by atoms with Crippen molar-refractivity contribution in [2.75, 3.05) is 20.2 Å². The van der Waals surface area contributed by atoms with E-state index in [-0.39, 0.29) is 18.2 Å². The van der Waals surface area contributed by atoms with Crippen LogP contribution in [0.1, 0.15) is 74.0 Å². The van der Waals surface area contributed by atoms with Crippen molar-refractivity contribution in [2.24, 2.45) is 5.92 Å². The summed E-state index contributed by atoms with van der Waals surface area (Å²) in [6.45, 7) is 3.23. The summed E-state index contributed by atoms with van der Waals surface area (Å²) in [7, 11) is 1.60. The fourth-order valence-electron chi connectivity index (χ4n) is 5.83. The number of hydrogen-bond acceptors (Lipinski definition) is 4. The van der Waals surface area contributed by atoms with Crippen LogP contribution in [0.5, 0.6) is 11.5 Å². The quantitative estimate of drug-likeness (QED) is 0.251. The van der Waals surface area contributed by atoms with Crippen LogP contribution in [-0.2, 0) is 17.9 Å². The molecule has 1 atom stereocenters. The number of hydrogen-bond donors (Lipinski definition) is 1. The van der Waals surface area contributed by atoms with Gasteiger partial charge in [-0.05, 0) is 96.8 Å². The molecule has 3 aromatic carbocycles. The molecule has 0 radical (unpaired) electrons. The van der Waals surface area contributed by atoms with Crippen molar-refractivity contribution >= 4 is 5.97 Å². The lowest BCUT2D eigenvalue weighted by atomic mass is 9.90. The molecule has 3 aromatic rings. The van der Waals surface area contributed by atoms with E-state index in [0.29, 0.717) is 23.8 Å². The van der Waals surface area contributed by atoms with Gasteiger partial charge in [0.25, 0.3) is 0 Å². The Bertz CT molecular complexity index is 1300. The Kier molecular flexibility index (Phi) is 9.38. The monoisotopic (exact) mass is 545 g/mol. The Morgan fingerprint density at radius 1 is 0.975 bits per heavy atom. The van der Waals surface area contributed by atoms with E-state index in [0.717, 1.165) is 54.1 Å². The minimum absolute atomic E-state index is 0.00539. The number of benzene rings is 3. The van der Waals surface area contributed by atoms with Crippen molar-refractivity contribution in [3.63, 3.8) is 0 Å². The standard InChI is InChI=1S/C34H40FNO4/c1-39-29-12-14-33(35)32(21-29)31-13-11-25(18-28(31)22-36-15-4-2-3-5-16-36)23-40-30-8-6-7-26(19-30)27(20-34(37)38)17-24-9-10-24/h6-8,11-14,18-19,21,24,27H,2-5,9-10,15-17,20,22-23H2,1H3,(H,37,38)/t27-/m1/s1. The molecule has 212 valence electrons. The normalized spacial score (nSPS) is 16.8. The summed E-state index contributed by atoms with van der Waals surface area (Å²) < 4.78 is 26.6. The summed E-state index contributed by atoms with van der Waals surface area (Å²) in [6, 6.07) is 18.9. The van der Waals surface area contributed by atoms with Crippen molar-refractivity contribution < 1.29 is 23.8 Å². The number of carbonyl (C=O) groups is 1. The Labute approximate surface area is 236 Å². The van der Waals surface area contributed by atoms with Crippen LogP contribution in [0.15, 0.2) is 60.7 Å². The number of carboxylic acid groups (broad SMARTS) is 1. The van der Waals surface area contributed by atoms with E-state index in [1.54, 1.807) is 19.2 Å². The van der Waals surface area contributed by atoms with Crippen molar-refractivity contribution in [3.05, 3.63) is 83.2 Å². The first kappa shape index (κ1) is 28.2. The lowest BCUT2D eigenvalue weighted by Crippen LogP contribution is -2.24. The molecule has 1 saturated heterocycles. The van der Waals surface area contributed by atoms with E-state index in [1.807, 2.05) is 36.4 Å². The molecular weight excluding hydrogens is 505 g/mol. The Morgan fingerprint density at radius 3 is 2.50 bits per heavy atom. The number of methoxy groups -OCH3 is 1. The van der Waals surface area contributed by atoms with E-state index in [9.17, 15) is 9.90 Å². The number of carboxylic acids is 1. The Morgan fingerprint density at radius 2 is 1.77 bits per heavy atom. The maximum absolute atomic E-state index is 15.0. The van der Waals surface area contributed by atoms with Gasteiger partial charge in [0.05, 0.1) is 13.5 Å². The molecule has 1 saturated carbocycles. The lowest BCUT2D eigenvalue weighted by molar-refractivity contribution is -0.137. The van der Waals surface area contributed by atoms with Crippen LogP contribution < -0.4 is 9.47 Å². The van der Waals surface area contributed by atoms with Crippen LogP contribution in [0.25, 0.3) is 11.1 Å². The van der Waals surface area contributed by atoms with Crippen molar-refractivity contribution in [2.45, 2.75) is 70.4 Å². The molecule has 1 aliphatic carbocycles. The van der Waals surface area contributed by atoms with Gasteiger partial charge in [-0.15, -0.1) is 0 Å². The van der Waals surface area contributed by atoms with Crippen LogP contribution >= 0.6 is 0 Å². The molecule has 0 spiro atoms. The predicted octanol–water partition coefficient (Wildman–Crippen LogP) is 7.81. The fraction of sp³-hybridized carbons (Fsp3) is 0.441. The SMILES string of the molecule is COc1ccc(F)c(-c2ccc(COc3cccc([C@@H](CC(=O)O)CC4CC4)c3)cc2CN2CCCCCC2)c1. The maximum Gasteiger partial charge on any atom is 0.303 e. The zero-order valence-corrected chi connectivity index (χ0v) is 23.4. The van der Waals surface area contributed by atoms with Gasteiger partial charge in [-0.1, -0.05) is 56.0 Å². The number of halogens is 1. The average molecular weight is 546 g/mol. The van der Waals surface area contributed by atoms with Gasteiger partial charge in [-0.25, -0.2) is 4.39 Å². The van der Waals surface area contributed by atoms with Crippen LogP contribution in [0.4, 0.5) is 4.39 Å². The molecule has 2 aliphatic rings. The van der Waals surface area contributed by atoms with Crippen molar-refractivity contribution in [1.82, 2.24) is 4.90 Å². The first-order valence-corrected chi connectivity index (χ1v) is 14.6. The second-order valence-corrected chi connectivity index (χ2v) is 11.4. The van der Waals surface area contributed by atoms with Gasteiger partial charge in [0, 0.05) is 12.1 Å². The molecule has 6 heteroatoms. The molecule has 5 nitrogen and oxygen atoms in total.